The zero-order valence-corrected chi connectivity index (χ0v) is 15.6. The lowest BCUT2D eigenvalue weighted by Crippen LogP contribution is -2.29. The Hall–Kier alpha value is -0.780. The Bertz CT molecular complexity index is 727. The number of hydrogen-bond donors (Lipinski definition) is 0. The van der Waals surface area contributed by atoms with Crippen molar-refractivity contribution in [1.29, 1.82) is 0 Å². The zero-order chi connectivity index (χ0) is 15.9. The Labute approximate surface area is 153 Å². The summed E-state index contributed by atoms with van der Waals surface area (Å²) >= 11 is 14.7. The van der Waals surface area contributed by atoms with Gasteiger partial charge in [0, 0.05) is 20.2 Å². The highest BCUT2D eigenvalue weighted by atomic mass is 127. The normalized spacial score (nSPS) is 16.7. The van der Waals surface area contributed by atoms with Gasteiger partial charge < -0.3 is 4.90 Å². The van der Waals surface area contributed by atoms with Gasteiger partial charge in [0.1, 0.15) is 0 Å². The molecule has 1 amide bonds. The van der Waals surface area contributed by atoms with Gasteiger partial charge in [-0.3, -0.25) is 4.79 Å². The maximum atomic E-state index is 12.7. The highest BCUT2D eigenvalue weighted by Crippen LogP contribution is 2.36. The smallest absolute Gasteiger partial charge is 0.227 e. The molecule has 0 saturated carbocycles. The number of halogens is 3. The fraction of sp³-hybridized carbons (Fsp3) is 0.235. The summed E-state index contributed by atoms with van der Waals surface area (Å²) in [7, 11) is 0. The van der Waals surface area contributed by atoms with Crippen LogP contribution in [0.25, 0.3) is 0 Å². The van der Waals surface area contributed by atoms with Crippen LogP contribution in [-0.2, 0) is 17.8 Å². The molecule has 1 aliphatic rings. The van der Waals surface area contributed by atoms with Crippen molar-refractivity contribution >= 4 is 51.7 Å². The Morgan fingerprint density at radius 1 is 1.23 bits per heavy atom. The second-order valence-corrected chi connectivity index (χ2v) is 7.36. The van der Waals surface area contributed by atoms with Crippen molar-refractivity contribution in [3.8, 4) is 0 Å². The maximum absolute atomic E-state index is 12.7. The zero-order valence-electron chi connectivity index (χ0n) is 11.9. The average molecular weight is 446 g/mol. The van der Waals surface area contributed by atoms with E-state index in [4.69, 9.17) is 23.2 Å². The molecule has 22 heavy (non-hydrogen) atoms. The van der Waals surface area contributed by atoms with Crippen LogP contribution in [0.3, 0.4) is 0 Å². The molecule has 2 aromatic rings. The van der Waals surface area contributed by atoms with Gasteiger partial charge in [0.2, 0.25) is 5.91 Å². The lowest BCUT2D eigenvalue weighted by atomic mass is 10.1. The Kier molecular flexibility index (Phi) is 4.67. The predicted molar refractivity (Wildman–Crippen MR) is 98.3 cm³/mol. The number of amides is 1. The molecule has 0 aliphatic carbocycles. The maximum Gasteiger partial charge on any atom is 0.227 e. The summed E-state index contributed by atoms with van der Waals surface area (Å²) in [5.74, 6) is 0.0505. The van der Waals surface area contributed by atoms with Gasteiger partial charge in [-0.1, -0.05) is 41.4 Å². The van der Waals surface area contributed by atoms with Crippen LogP contribution in [0.2, 0.25) is 10.0 Å². The van der Waals surface area contributed by atoms with Gasteiger partial charge in [0.15, 0.2) is 0 Å². The topological polar surface area (TPSA) is 20.3 Å². The fourth-order valence-corrected chi connectivity index (χ4v) is 4.09. The third-order valence-electron chi connectivity index (χ3n) is 4.11. The molecule has 3 rings (SSSR count). The molecule has 114 valence electrons. The molecule has 0 unspecified atom stereocenters. The summed E-state index contributed by atoms with van der Waals surface area (Å²) in [6, 6.07) is 11.6. The van der Waals surface area contributed by atoms with Gasteiger partial charge in [-0.15, -0.1) is 0 Å². The highest BCUT2D eigenvalue weighted by Gasteiger charge is 2.31. The molecule has 0 N–H and O–H groups in total. The van der Waals surface area contributed by atoms with Crippen molar-refractivity contribution in [2.24, 2.45) is 0 Å². The molecule has 1 heterocycles. The number of rotatable bonds is 2. The fourth-order valence-electron chi connectivity index (χ4n) is 2.87. The van der Waals surface area contributed by atoms with E-state index in [0.717, 1.165) is 0 Å². The summed E-state index contributed by atoms with van der Waals surface area (Å²) in [5, 5.41) is 1.08. The summed E-state index contributed by atoms with van der Waals surface area (Å²) in [5.41, 5.74) is 3.17. The first-order valence-electron chi connectivity index (χ1n) is 6.98. The van der Waals surface area contributed by atoms with Crippen LogP contribution in [0, 0.1) is 3.57 Å². The van der Waals surface area contributed by atoms with Crippen molar-refractivity contribution in [3.05, 3.63) is 66.7 Å². The van der Waals surface area contributed by atoms with Crippen LogP contribution in [0.15, 0.2) is 36.4 Å². The van der Waals surface area contributed by atoms with Crippen molar-refractivity contribution < 1.29 is 4.79 Å². The lowest BCUT2D eigenvalue weighted by Gasteiger charge is -2.22. The number of fused-ring (bicyclic) bond motifs is 1. The molecule has 0 spiro atoms. The minimum Gasteiger partial charge on any atom is -0.331 e. The minimum atomic E-state index is 0.0505. The van der Waals surface area contributed by atoms with Gasteiger partial charge in [0.25, 0.3) is 0 Å². The van der Waals surface area contributed by atoms with E-state index in [1.807, 2.05) is 11.0 Å². The molecule has 5 heteroatoms. The number of carbonyl (C=O) groups is 1. The largest absolute Gasteiger partial charge is 0.331 e. The van der Waals surface area contributed by atoms with Gasteiger partial charge >= 0.3 is 0 Å². The quantitative estimate of drug-likeness (QED) is 0.578. The van der Waals surface area contributed by atoms with Crippen molar-refractivity contribution in [3.63, 3.8) is 0 Å². The predicted octanol–water partition coefficient (Wildman–Crippen LogP) is 5.24. The van der Waals surface area contributed by atoms with Crippen molar-refractivity contribution in [2.45, 2.75) is 25.9 Å². The Morgan fingerprint density at radius 2 is 1.86 bits per heavy atom. The number of nitrogens with zero attached hydrogens (tertiary/aromatic N) is 1. The average Bonchev–Trinajstić information content (AvgIpc) is 2.82. The molecular formula is C17H14Cl2INO. The highest BCUT2D eigenvalue weighted by molar-refractivity contribution is 14.1. The van der Waals surface area contributed by atoms with E-state index >= 15 is 0 Å². The van der Waals surface area contributed by atoms with E-state index in [1.165, 1.54) is 14.7 Å². The molecule has 0 aromatic heterocycles. The SMILES string of the molecule is C[C@H]1c2cccc(I)c2CN1C(=O)Cc1c(Cl)cccc1Cl. The van der Waals surface area contributed by atoms with Crippen molar-refractivity contribution in [2.75, 3.05) is 0 Å². The third kappa shape index (κ3) is 2.86. The molecule has 1 atom stereocenters. The van der Waals surface area contributed by atoms with E-state index in [9.17, 15) is 4.79 Å². The number of benzene rings is 2. The van der Waals surface area contributed by atoms with Gasteiger partial charge in [-0.2, -0.15) is 0 Å². The third-order valence-corrected chi connectivity index (χ3v) is 5.83. The van der Waals surface area contributed by atoms with E-state index in [-0.39, 0.29) is 18.4 Å². The van der Waals surface area contributed by atoms with Gasteiger partial charge in [-0.25, -0.2) is 0 Å². The van der Waals surface area contributed by atoms with Crippen LogP contribution < -0.4 is 0 Å². The summed E-state index contributed by atoms with van der Waals surface area (Å²) < 4.78 is 1.20. The summed E-state index contributed by atoms with van der Waals surface area (Å²) in [6.07, 6.45) is 0.230. The summed E-state index contributed by atoms with van der Waals surface area (Å²) in [4.78, 5) is 14.6. The first-order valence-corrected chi connectivity index (χ1v) is 8.82. The van der Waals surface area contributed by atoms with Crippen molar-refractivity contribution in [1.82, 2.24) is 4.90 Å². The second kappa shape index (κ2) is 6.38. The molecule has 2 aromatic carbocycles. The number of hydrogen-bond acceptors (Lipinski definition) is 1. The molecule has 1 aliphatic heterocycles. The molecule has 0 fully saturated rings. The first-order chi connectivity index (χ1) is 10.5. The molecule has 0 saturated heterocycles. The van der Waals surface area contributed by atoms with E-state index < -0.39 is 0 Å². The molecule has 0 radical (unpaired) electrons. The standard InChI is InChI=1S/C17H14Cl2INO/c1-10-11-4-2-7-16(20)13(11)9-21(10)17(22)8-12-14(18)5-3-6-15(12)19/h2-7,10H,8-9H2,1H3/t10-/m0/s1. The minimum absolute atomic E-state index is 0.0505. The second-order valence-electron chi connectivity index (χ2n) is 5.38. The van der Waals surface area contributed by atoms with E-state index in [1.54, 1.807) is 18.2 Å². The van der Waals surface area contributed by atoms with E-state index in [0.29, 0.717) is 22.2 Å². The first kappa shape index (κ1) is 16.1. The summed E-state index contributed by atoms with van der Waals surface area (Å²) in [6.45, 7) is 2.71. The van der Waals surface area contributed by atoms with Crippen LogP contribution in [0.1, 0.15) is 29.7 Å². The van der Waals surface area contributed by atoms with Gasteiger partial charge in [0.05, 0.1) is 12.5 Å². The van der Waals surface area contributed by atoms with Crippen LogP contribution in [-0.4, -0.2) is 10.8 Å². The van der Waals surface area contributed by atoms with Crippen LogP contribution >= 0.6 is 45.8 Å². The Balaban J connectivity index is 1.85. The van der Waals surface area contributed by atoms with Crippen LogP contribution in [0.5, 0.6) is 0 Å². The molecule has 2 nitrogen and oxygen atoms in total. The Morgan fingerprint density at radius 3 is 2.50 bits per heavy atom. The number of carbonyl (C=O) groups excluding carboxylic acids is 1. The molecular weight excluding hydrogens is 432 g/mol. The molecule has 0 bridgehead atoms. The monoisotopic (exact) mass is 445 g/mol. The van der Waals surface area contributed by atoms with E-state index in [2.05, 4.69) is 41.6 Å². The lowest BCUT2D eigenvalue weighted by molar-refractivity contribution is -0.132. The van der Waals surface area contributed by atoms with Gasteiger partial charge in [-0.05, 0) is 64.4 Å². The van der Waals surface area contributed by atoms with Crippen LogP contribution in [0.4, 0.5) is 0 Å².